The van der Waals surface area contributed by atoms with Crippen LogP contribution in [0, 0.1) is 0 Å². The van der Waals surface area contributed by atoms with Crippen LogP contribution in [-0.4, -0.2) is 50.1 Å². The second-order valence-electron chi connectivity index (χ2n) is 2.97. The summed E-state index contributed by atoms with van der Waals surface area (Å²) in [5.74, 6) is 0. The first kappa shape index (κ1) is 12.7. The predicted octanol–water partition coefficient (Wildman–Crippen LogP) is -4.74. The first-order valence-electron chi connectivity index (χ1n) is 4.26. The smallest absolute Gasteiger partial charge is 0.156 e. The van der Waals surface area contributed by atoms with Crippen molar-refractivity contribution in [2.24, 2.45) is 0 Å². The monoisotopic (exact) mass is 208 g/mol. The Labute approximate surface area is 85.2 Å². The van der Waals surface area contributed by atoms with Gasteiger partial charge in [0.2, 0.25) is 0 Å². The minimum atomic E-state index is 0. The van der Waals surface area contributed by atoms with Crippen molar-refractivity contribution in [3.05, 3.63) is 12.4 Å². The van der Waals surface area contributed by atoms with E-state index < -0.39 is 0 Å². The van der Waals surface area contributed by atoms with Gasteiger partial charge >= 0.3 is 0 Å². The molecule has 0 aliphatic carbocycles. The summed E-state index contributed by atoms with van der Waals surface area (Å²) in [7, 11) is 2.12. The third-order valence-electron chi connectivity index (χ3n) is 1.78. The van der Waals surface area contributed by atoms with Gasteiger partial charge in [-0.25, -0.2) is 0 Å². The minimum Gasteiger partial charge on any atom is -1.00 e. The van der Waals surface area contributed by atoms with Crippen molar-refractivity contribution in [2.45, 2.75) is 0 Å². The number of hydrogen-bond donors (Lipinski definition) is 2. The van der Waals surface area contributed by atoms with Crippen LogP contribution in [0.15, 0.2) is 12.4 Å². The highest BCUT2D eigenvalue weighted by molar-refractivity contribution is 4.76. The molecule has 0 aromatic heterocycles. The third kappa shape index (κ3) is 5.10. The number of quaternary nitrogens is 1. The standard InChI is InChI=1S/C8H16N2O2.ClH/c1-9-2-3-10(8-9)4-6-12-7-5-11;/h2-3,11H,4-8H2,1H3;1H. The molecule has 0 amide bonds. The highest BCUT2D eigenvalue weighted by Gasteiger charge is 2.11. The van der Waals surface area contributed by atoms with Gasteiger partial charge in [-0.3, -0.25) is 4.90 Å². The molecule has 1 aliphatic heterocycles. The van der Waals surface area contributed by atoms with E-state index in [0.717, 1.165) is 13.2 Å². The van der Waals surface area contributed by atoms with Gasteiger partial charge in [0.15, 0.2) is 6.67 Å². The van der Waals surface area contributed by atoms with E-state index in [1.807, 2.05) is 0 Å². The van der Waals surface area contributed by atoms with Crippen molar-refractivity contribution in [3.8, 4) is 0 Å². The number of ether oxygens (including phenoxy) is 1. The molecule has 13 heavy (non-hydrogen) atoms. The van der Waals surface area contributed by atoms with Crippen molar-refractivity contribution < 1.29 is 27.2 Å². The molecule has 1 unspecified atom stereocenters. The summed E-state index contributed by atoms with van der Waals surface area (Å²) < 4.78 is 5.15. The molecule has 1 aliphatic rings. The maximum atomic E-state index is 8.44. The quantitative estimate of drug-likeness (QED) is 0.446. The first-order valence-corrected chi connectivity index (χ1v) is 4.26. The Hall–Kier alpha value is -0.290. The summed E-state index contributed by atoms with van der Waals surface area (Å²) in [6.07, 6.45) is 4.20. The van der Waals surface area contributed by atoms with E-state index in [1.54, 1.807) is 0 Å². The van der Waals surface area contributed by atoms with E-state index in [4.69, 9.17) is 9.84 Å². The molecule has 1 rings (SSSR count). The Morgan fingerprint density at radius 3 is 2.85 bits per heavy atom. The molecule has 2 N–H and O–H groups in total. The predicted molar refractivity (Wildman–Crippen MR) is 45.5 cm³/mol. The van der Waals surface area contributed by atoms with Gasteiger partial charge in [0.1, 0.15) is 6.20 Å². The zero-order valence-electron chi connectivity index (χ0n) is 7.87. The molecular formula is C8H17ClN2O2. The molecule has 0 fully saturated rings. The average Bonchev–Trinajstić information content (AvgIpc) is 2.45. The fourth-order valence-corrected chi connectivity index (χ4v) is 1.16. The second kappa shape index (κ2) is 7.15. The maximum Gasteiger partial charge on any atom is 0.156 e. The molecule has 4 nitrogen and oxygen atoms in total. The molecule has 0 saturated heterocycles. The van der Waals surface area contributed by atoms with E-state index in [2.05, 4.69) is 24.3 Å². The third-order valence-corrected chi connectivity index (χ3v) is 1.78. The number of rotatable bonds is 5. The van der Waals surface area contributed by atoms with Crippen LogP contribution in [0.25, 0.3) is 0 Å². The molecule has 1 heterocycles. The Kier molecular flexibility index (Phi) is 6.99. The summed E-state index contributed by atoms with van der Waals surface area (Å²) in [4.78, 5) is 3.59. The first-order chi connectivity index (χ1) is 5.83. The van der Waals surface area contributed by atoms with Crippen LogP contribution in [0.1, 0.15) is 0 Å². The summed E-state index contributed by atoms with van der Waals surface area (Å²) in [5, 5.41) is 8.44. The van der Waals surface area contributed by atoms with Gasteiger partial charge in [0.25, 0.3) is 0 Å². The second-order valence-corrected chi connectivity index (χ2v) is 2.97. The largest absolute Gasteiger partial charge is 1.00 e. The van der Waals surface area contributed by atoms with Crippen LogP contribution >= 0.6 is 0 Å². The molecule has 5 heteroatoms. The maximum absolute atomic E-state index is 8.44. The van der Waals surface area contributed by atoms with Gasteiger partial charge in [0, 0.05) is 6.54 Å². The van der Waals surface area contributed by atoms with Crippen LogP contribution < -0.4 is 17.3 Å². The molecular weight excluding hydrogens is 192 g/mol. The van der Waals surface area contributed by atoms with Gasteiger partial charge in [0.05, 0.1) is 33.1 Å². The zero-order valence-corrected chi connectivity index (χ0v) is 8.63. The van der Waals surface area contributed by atoms with Crippen LogP contribution in [0.3, 0.4) is 0 Å². The zero-order chi connectivity index (χ0) is 8.81. The number of aliphatic hydroxyl groups excluding tert-OH is 1. The van der Waals surface area contributed by atoms with E-state index in [1.165, 1.54) is 4.90 Å². The number of nitrogens with one attached hydrogen (secondary N) is 1. The number of hydrogen-bond acceptors (Lipinski definition) is 3. The Balaban J connectivity index is 0.00000144. The fraction of sp³-hybridized carbons (Fsp3) is 0.750. The van der Waals surface area contributed by atoms with E-state index >= 15 is 0 Å². The van der Waals surface area contributed by atoms with Crippen molar-refractivity contribution >= 4 is 0 Å². The van der Waals surface area contributed by atoms with Gasteiger partial charge in [-0.2, -0.15) is 0 Å². The van der Waals surface area contributed by atoms with Crippen molar-refractivity contribution in [1.82, 2.24) is 4.90 Å². The summed E-state index contributed by atoms with van der Waals surface area (Å²) >= 11 is 0. The summed E-state index contributed by atoms with van der Waals surface area (Å²) in [5.41, 5.74) is 0. The molecule has 0 spiro atoms. The topological polar surface area (TPSA) is 37.1 Å². The van der Waals surface area contributed by atoms with Crippen molar-refractivity contribution in [3.63, 3.8) is 0 Å². The van der Waals surface area contributed by atoms with E-state index in [9.17, 15) is 0 Å². The summed E-state index contributed by atoms with van der Waals surface area (Å²) in [6, 6.07) is 0. The van der Waals surface area contributed by atoms with Crippen LogP contribution in [0.2, 0.25) is 0 Å². The van der Waals surface area contributed by atoms with E-state index in [0.29, 0.717) is 13.2 Å². The molecule has 0 saturated carbocycles. The lowest BCUT2D eigenvalue weighted by Gasteiger charge is -2.14. The van der Waals surface area contributed by atoms with Crippen LogP contribution in [0.4, 0.5) is 0 Å². The Morgan fingerprint density at radius 1 is 1.54 bits per heavy atom. The van der Waals surface area contributed by atoms with Crippen LogP contribution in [-0.2, 0) is 4.74 Å². The van der Waals surface area contributed by atoms with Gasteiger partial charge in [-0.1, -0.05) is 0 Å². The molecule has 0 aromatic rings. The van der Waals surface area contributed by atoms with Gasteiger partial charge in [-0.15, -0.1) is 0 Å². The number of nitrogens with zero attached hydrogens (tertiary/aromatic N) is 1. The fourth-order valence-electron chi connectivity index (χ4n) is 1.16. The normalized spacial score (nSPS) is 20.5. The lowest BCUT2D eigenvalue weighted by Crippen LogP contribution is -3.03. The summed E-state index contributed by atoms with van der Waals surface area (Å²) in [6.45, 7) is 3.18. The molecule has 0 aromatic carbocycles. The lowest BCUT2D eigenvalue weighted by atomic mass is 10.6. The molecule has 78 valence electrons. The van der Waals surface area contributed by atoms with Gasteiger partial charge in [-0.05, 0) is 0 Å². The average molecular weight is 209 g/mol. The molecule has 1 atom stereocenters. The number of aliphatic hydroxyl groups is 1. The Morgan fingerprint density at radius 2 is 2.31 bits per heavy atom. The highest BCUT2D eigenvalue weighted by atomic mass is 35.5. The number of halogens is 1. The van der Waals surface area contributed by atoms with Crippen molar-refractivity contribution in [2.75, 3.05) is 40.1 Å². The molecule has 0 bridgehead atoms. The lowest BCUT2D eigenvalue weighted by molar-refractivity contribution is -0.826. The SMILES string of the molecule is C[NH+]1C=CN(CCOCCO)C1.[Cl-]. The van der Waals surface area contributed by atoms with Crippen LogP contribution in [0.5, 0.6) is 0 Å². The minimum absolute atomic E-state index is 0. The molecule has 0 radical (unpaired) electrons. The Bertz CT molecular complexity index is 155. The highest BCUT2D eigenvalue weighted by Crippen LogP contribution is 1.89. The van der Waals surface area contributed by atoms with E-state index in [-0.39, 0.29) is 19.0 Å². The van der Waals surface area contributed by atoms with Crippen molar-refractivity contribution in [1.29, 1.82) is 0 Å². The van der Waals surface area contributed by atoms with Gasteiger partial charge < -0.3 is 27.2 Å².